The van der Waals surface area contributed by atoms with Crippen LogP contribution < -0.4 is 0 Å². The Bertz CT molecular complexity index is 390. The predicted octanol–water partition coefficient (Wildman–Crippen LogP) is 5.51. The number of rotatable bonds is 5. The molecule has 0 radical (unpaired) electrons. The highest BCUT2D eigenvalue weighted by atomic mass is 19.4. The summed E-state index contributed by atoms with van der Waals surface area (Å²) < 4.78 is 79.2. The Morgan fingerprint density at radius 1 is 0.913 bits per heavy atom. The van der Waals surface area contributed by atoms with E-state index in [1.165, 1.54) is 0 Å². The highest BCUT2D eigenvalue weighted by Crippen LogP contribution is 2.42. The molecule has 2 nitrogen and oxygen atoms in total. The van der Waals surface area contributed by atoms with Gasteiger partial charge in [0.1, 0.15) is 0 Å². The molecule has 8 heteroatoms. The van der Waals surface area contributed by atoms with Gasteiger partial charge in [-0.3, -0.25) is 4.79 Å². The number of carbonyl (C=O) groups is 1. The van der Waals surface area contributed by atoms with Gasteiger partial charge in [-0.1, -0.05) is 48.0 Å². The molecular formula is C15H24F6O2. The topological polar surface area (TPSA) is 26.3 Å². The first-order chi connectivity index (χ1) is 9.92. The molecule has 0 spiro atoms. The van der Waals surface area contributed by atoms with Crippen LogP contribution in [-0.4, -0.2) is 24.4 Å². The molecule has 0 bridgehead atoms. The van der Waals surface area contributed by atoms with E-state index in [-0.39, 0.29) is 6.42 Å². The van der Waals surface area contributed by atoms with Gasteiger partial charge in [-0.2, -0.15) is 26.3 Å². The van der Waals surface area contributed by atoms with Gasteiger partial charge >= 0.3 is 18.3 Å². The van der Waals surface area contributed by atoms with E-state index in [0.29, 0.717) is 6.42 Å². The van der Waals surface area contributed by atoms with E-state index in [0.717, 1.165) is 0 Å². The molecule has 0 heterocycles. The maximum Gasteiger partial charge on any atom is 0.434 e. The van der Waals surface area contributed by atoms with Crippen molar-refractivity contribution in [3.8, 4) is 0 Å². The van der Waals surface area contributed by atoms with Crippen LogP contribution in [0.2, 0.25) is 0 Å². The molecule has 138 valence electrons. The largest absolute Gasteiger partial charge is 0.443 e. The van der Waals surface area contributed by atoms with Crippen molar-refractivity contribution >= 4 is 5.97 Å². The van der Waals surface area contributed by atoms with Crippen molar-refractivity contribution in [1.82, 2.24) is 0 Å². The van der Waals surface area contributed by atoms with E-state index < -0.39 is 41.2 Å². The van der Waals surface area contributed by atoms with E-state index in [2.05, 4.69) is 4.74 Å². The fourth-order valence-corrected chi connectivity index (χ4v) is 2.05. The maximum atomic E-state index is 12.6. The summed E-state index contributed by atoms with van der Waals surface area (Å²) in [5.41, 5.74) is -1.24. The number of hydrogen-bond acceptors (Lipinski definition) is 2. The zero-order valence-corrected chi connectivity index (χ0v) is 14.2. The molecule has 0 saturated heterocycles. The highest BCUT2D eigenvalue weighted by Gasteiger charge is 2.60. The molecule has 23 heavy (non-hydrogen) atoms. The van der Waals surface area contributed by atoms with Crippen molar-refractivity contribution in [2.45, 2.75) is 72.8 Å². The first kappa shape index (κ1) is 22.1. The summed E-state index contributed by atoms with van der Waals surface area (Å²) in [5.74, 6) is -2.54. The van der Waals surface area contributed by atoms with E-state index in [9.17, 15) is 31.1 Å². The number of halogens is 6. The Labute approximate surface area is 132 Å². The molecule has 0 aromatic heterocycles. The van der Waals surface area contributed by atoms with E-state index in [1.807, 2.05) is 0 Å². The molecule has 0 aliphatic carbocycles. The number of carbonyl (C=O) groups excluding carboxylic acids is 1. The van der Waals surface area contributed by atoms with Crippen molar-refractivity contribution in [2.75, 3.05) is 0 Å². The minimum atomic E-state index is -5.70. The molecular weight excluding hydrogens is 326 g/mol. The lowest BCUT2D eigenvalue weighted by Gasteiger charge is -2.37. The van der Waals surface area contributed by atoms with E-state index >= 15 is 0 Å². The second kappa shape index (κ2) is 6.89. The lowest BCUT2D eigenvalue weighted by Crippen LogP contribution is -2.48. The lowest BCUT2D eigenvalue weighted by molar-refractivity contribution is -0.315. The van der Waals surface area contributed by atoms with Crippen LogP contribution in [0.25, 0.3) is 0 Å². The fourth-order valence-electron chi connectivity index (χ4n) is 2.05. The van der Waals surface area contributed by atoms with Crippen LogP contribution in [0.1, 0.15) is 54.4 Å². The summed E-state index contributed by atoms with van der Waals surface area (Å²) in [6.07, 6.45) is -15.0. The van der Waals surface area contributed by atoms with Gasteiger partial charge in [0, 0.05) is 0 Å². The monoisotopic (exact) mass is 350 g/mol. The minimum absolute atomic E-state index is 0.120. The minimum Gasteiger partial charge on any atom is -0.443 e. The van der Waals surface area contributed by atoms with Crippen molar-refractivity contribution in [3.63, 3.8) is 0 Å². The Morgan fingerprint density at radius 2 is 1.30 bits per heavy atom. The first-order valence-corrected chi connectivity index (χ1v) is 7.26. The summed E-state index contributed by atoms with van der Waals surface area (Å²) in [5, 5.41) is 0. The van der Waals surface area contributed by atoms with Gasteiger partial charge in [-0.25, -0.2) is 0 Å². The summed E-state index contributed by atoms with van der Waals surface area (Å²) in [4.78, 5) is 12.1. The van der Waals surface area contributed by atoms with Crippen molar-refractivity contribution in [1.29, 1.82) is 0 Å². The average Bonchev–Trinajstić information content (AvgIpc) is 2.28. The fraction of sp³-hybridized carbons (Fsp3) is 0.933. The third-order valence-corrected chi connectivity index (χ3v) is 3.78. The molecule has 0 amide bonds. The Kier molecular flexibility index (Phi) is 6.60. The van der Waals surface area contributed by atoms with Crippen molar-refractivity contribution in [2.24, 2.45) is 16.7 Å². The molecule has 0 aliphatic heterocycles. The second-order valence-corrected chi connectivity index (χ2v) is 7.56. The van der Waals surface area contributed by atoms with Gasteiger partial charge < -0.3 is 4.74 Å². The van der Waals surface area contributed by atoms with Crippen LogP contribution in [0.5, 0.6) is 0 Å². The second-order valence-electron chi connectivity index (χ2n) is 7.56. The van der Waals surface area contributed by atoms with Crippen molar-refractivity contribution < 1.29 is 35.9 Å². The molecule has 1 atom stereocenters. The van der Waals surface area contributed by atoms with Gasteiger partial charge in [0.25, 0.3) is 6.10 Å². The van der Waals surface area contributed by atoms with Gasteiger partial charge in [0.2, 0.25) is 0 Å². The molecule has 1 unspecified atom stereocenters. The molecule has 0 fully saturated rings. The van der Waals surface area contributed by atoms with Gasteiger partial charge in [0.05, 0.1) is 5.92 Å². The van der Waals surface area contributed by atoms with Crippen molar-refractivity contribution in [3.05, 3.63) is 0 Å². The first-order valence-electron chi connectivity index (χ1n) is 7.26. The van der Waals surface area contributed by atoms with Crippen LogP contribution in [0.3, 0.4) is 0 Å². The summed E-state index contributed by atoms with van der Waals surface area (Å²) >= 11 is 0. The molecule has 0 N–H and O–H groups in total. The quantitative estimate of drug-likeness (QED) is 0.483. The number of hydrogen-bond donors (Lipinski definition) is 0. The van der Waals surface area contributed by atoms with Gasteiger partial charge in [-0.05, 0) is 17.3 Å². The van der Waals surface area contributed by atoms with E-state index in [4.69, 9.17) is 0 Å². The molecule has 0 rings (SSSR count). The summed E-state index contributed by atoms with van der Waals surface area (Å²) in [6.45, 7) is 10.2. The zero-order chi connectivity index (χ0) is 18.9. The zero-order valence-electron chi connectivity index (χ0n) is 14.2. The normalized spacial score (nSPS) is 15.7. The average molecular weight is 350 g/mol. The number of ether oxygens (including phenoxy) is 1. The Balaban J connectivity index is 5.54. The Hall–Kier alpha value is -0.950. The maximum absolute atomic E-state index is 12.6. The van der Waals surface area contributed by atoms with E-state index in [1.54, 1.807) is 41.5 Å². The van der Waals surface area contributed by atoms with Gasteiger partial charge in [-0.15, -0.1) is 0 Å². The van der Waals surface area contributed by atoms with Crippen LogP contribution in [0.4, 0.5) is 26.3 Å². The molecule has 0 aromatic carbocycles. The number of alkyl halides is 6. The predicted molar refractivity (Wildman–Crippen MR) is 73.6 cm³/mol. The smallest absolute Gasteiger partial charge is 0.434 e. The molecule has 0 saturated carbocycles. The van der Waals surface area contributed by atoms with Gasteiger partial charge in [0.15, 0.2) is 0 Å². The lowest BCUT2D eigenvalue weighted by atomic mass is 9.70. The number of esters is 1. The summed E-state index contributed by atoms with van der Waals surface area (Å²) in [7, 11) is 0. The SMILES string of the molecule is CCC(C)(C)C(CC(C)(C)C)C(=O)OC(C(F)(F)F)C(F)(F)F. The molecule has 0 aliphatic rings. The summed E-state index contributed by atoms with van der Waals surface area (Å²) in [6, 6.07) is 0. The third-order valence-electron chi connectivity index (χ3n) is 3.78. The highest BCUT2D eigenvalue weighted by molar-refractivity contribution is 5.73. The van der Waals surface area contributed by atoms with Crippen LogP contribution >= 0.6 is 0 Å². The standard InChI is InChI=1S/C15H24F6O2/c1-7-13(5,6)9(8-12(2,3)4)10(22)23-11(14(16,17)18)15(19,20)21/h9,11H,7-8H2,1-6H3. The molecule has 0 aromatic rings. The van der Waals surface area contributed by atoms with Crippen LogP contribution in [0.15, 0.2) is 0 Å². The van der Waals surface area contributed by atoms with Crippen LogP contribution in [-0.2, 0) is 9.53 Å². The third kappa shape index (κ3) is 6.99. The van der Waals surface area contributed by atoms with Crippen LogP contribution in [0, 0.1) is 16.7 Å². The Morgan fingerprint density at radius 3 is 1.57 bits per heavy atom.